The summed E-state index contributed by atoms with van der Waals surface area (Å²) in [6, 6.07) is 13.1. The zero-order valence-electron chi connectivity index (χ0n) is 10.4. The molecule has 0 bridgehead atoms. The first-order valence-electron chi connectivity index (χ1n) is 6.02. The van der Waals surface area contributed by atoms with Gasteiger partial charge in [0, 0.05) is 15.8 Å². The summed E-state index contributed by atoms with van der Waals surface area (Å²) in [6.07, 6.45) is 2.07. The van der Waals surface area contributed by atoms with Crippen molar-refractivity contribution in [3.63, 3.8) is 0 Å². The van der Waals surface area contributed by atoms with Crippen molar-refractivity contribution in [2.75, 3.05) is 0 Å². The Labute approximate surface area is 107 Å². The number of thiophene rings is 1. The molecule has 0 amide bonds. The first kappa shape index (κ1) is 12.3. The molecule has 2 rings (SSSR count). The lowest BCUT2D eigenvalue weighted by atomic mass is 10.0. The summed E-state index contributed by atoms with van der Waals surface area (Å²) in [7, 11) is 0. The lowest BCUT2D eigenvalue weighted by molar-refractivity contribution is 0.662. The second-order valence-corrected chi connectivity index (χ2v) is 5.90. The molecule has 0 spiro atoms. The number of aryl methyl sites for hydroxylation is 3. The molecule has 0 saturated carbocycles. The molecule has 0 radical (unpaired) electrons. The quantitative estimate of drug-likeness (QED) is 0.865. The minimum atomic E-state index is 0.175. The van der Waals surface area contributed by atoms with Gasteiger partial charge in [0.2, 0.25) is 0 Å². The summed E-state index contributed by atoms with van der Waals surface area (Å²) in [5.74, 6) is 0. The Kier molecular flexibility index (Phi) is 3.97. The third-order valence-corrected chi connectivity index (χ3v) is 4.09. The predicted octanol–water partition coefficient (Wildman–Crippen LogP) is 4.00. The van der Waals surface area contributed by atoms with Crippen molar-refractivity contribution in [2.24, 2.45) is 5.73 Å². The third kappa shape index (κ3) is 3.42. The molecule has 1 aromatic carbocycles. The van der Waals surface area contributed by atoms with Crippen LogP contribution in [0.2, 0.25) is 0 Å². The summed E-state index contributed by atoms with van der Waals surface area (Å²) < 4.78 is 0. The Morgan fingerprint density at radius 2 is 2.00 bits per heavy atom. The van der Waals surface area contributed by atoms with E-state index in [1.54, 1.807) is 0 Å². The van der Waals surface area contributed by atoms with Crippen LogP contribution in [-0.2, 0) is 6.42 Å². The zero-order chi connectivity index (χ0) is 12.3. The zero-order valence-corrected chi connectivity index (χ0v) is 11.3. The molecule has 1 heterocycles. The van der Waals surface area contributed by atoms with Gasteiger partial charge in [0.25, 0.3) is 0 Å². The van der Waals surface area contributed by atoms with E-state index in [9.17, 15) is 0 Å². The average molecular weight is 245 g/mol. The number of hydrogen-bond donors (Lipinski definition) is 1. The summed E-state index contributed by atoms with van der Waals surface area (Å²) in [6.45, 7) is 4.26. The fraction of sp³-hybridized carbons (Fsp3) is 0.333. The highest BCUT2D eigenvalue weighted by molar-refractivity contribution is 7.12. The standard InChI is InChI=1S/C15H19NS/c1-11-4-3-5-13(10-11)7-8-14(16)15-9-6-12(2)17-15/h3-6,9-10,14H,7-8,16H2,1-2H3. The summed E-state index contributed by atoms with van der Waals surface area (Å²) in [5, 5.41) is 0. The van der Waals surface area contributed by atoms with Crippen molar-refractivity contribution < 1.29 is 0 Å². The molecule has 1 atom stereocenters. The van der Waals surface area contributed by atoms with Gasteiger partial charge in [-0.25, -0.2) is 0 Å². The predicted molar refractivity (Wildman–Crippen MR) is 75.5 cm³/mol. The Bertz CT molecular complexity index is 487. The molecule has 90 valence electrons. The molecular weight excluding hydrogens is 226 g/mol. The maximum Gasteiger partial charge on any atom is 0.0393 e. The molecule has 1 unspecified atom stereocenters. The topological polar surface area (TPSA) is 26.0 Å². The van der Waals surface area contributed by atoms with Gasteiger partial charge in [0.1, 0.15) is 0 Å². The van der Waals surface area contributed by atoms with E-state index in [1.807, 2.05) is 11.3 Å². The molecule has 0 fully saturated rings. The first-order valence-corrected chi connectivity index (χ1v) is 6.84. The van der Waals surface area contributed by atoms with Crippen LogP contribution in [0.25, 0.3) is 0 Å². The minimum absolute atomic E-state index is 0.175. The van der Waals surface area contributed by atoms with Crippen LogP contribution in [0.5, 0.6) is 0 Å². The molecule has 2 aromatic rings. The lowest BCUT2D eigenvalue weighted by Crippen LogP contribution is -2.09. The lowest BCUT2D eigenvalue weighted by Gasteiger charge is -2.09. The molecule has 2 heteroatoms. The van der Waals surface area contributed by atoms with Crippen molar-refractivity contribution in [3.05, 3.63) is 57.3 Å². The molecule has 2 N–H and O–H groups in total. The number of benzene rings is 1. The smallest absolute Gasteiger partial charge is 0.0393 e. The number of hydrogen-bond acceptors (Lipinski definition) is 2. The van der Waals surface area contributed by atoms with Gasteiger partial charge in [-0.1, -0.05) is 29.8 Å². The maximum atomic E-state index is 6.20. The van der Waals surface area contributed by atoms with Gasteiger partial charge in [0.15, 0.2) is 0 Å². The van der Waals surface area contributed by atoms with E-state index in [4.69, 9.17) is 5.73 Å². The van der Waals surface area contributed by atoms with Crippen molar-refractivity contribution in [1.82, 2.24) is 0 Å². The molecule has 0 aliphatic rings. The second-order valence-electron chi connectivity index (χ2n) is 4.58. The van der Waals surface area contributed by atoms with E-state index in [0.29, 0.717) is 0 Å². The SMILES string of the molecule is Cc1cccc(CCC(N)c2ccc(C)s2)c1. The highest BCUT2D eigenvalue weighted by atomic mass is 32.1. The van der Waals surface area contributed by atoms with Gasteiger partial charge in [-0.2, -0.15) is 0 Å². The highest BCUT2D eigenvalue weighted by Crippen LogP contribution is 2.24. The normalized spacial score (nSPS) is 12.6. The molecule has 1 aromatic heterocycles. The average Bonchev–Trinajstić information content (AvgIpc) is 2.73. The van der Waals surface area contributed by atoms with Crippen LogP contribution in [0.4, 0.5) is 0 Å². The van der Waals surface area contributed by atoms with Gasteiger partial charge < -0.3 is 5.73 Å². The molecule has 1 nitrogen and oxygen atoms in total. The Morgan fingerprint density at radius 1 is 1.18 bits per heavy atom. The Balaban J connectivity index is 1.94. The van der Waals surface area contributed by atoms with E-state index in [2.05, 4.69) is 50.2 Å². The van der Waals surface area contributed by atoms with Crippen molar-refractivity contribution in [1.29, 1.82) is 0 Å². The molecular formula is C15H19NS. The van der Waals surface area contributed by atoms with E-state index in [-0.39, 0.29) is 6.04 Å². The van der Waals surface area contributed by atoms with Crippen LogP contribution in [0.1, 0.15) is 33.3 Å². The van der Waals surface area contributed by atoms with Crippen LogP contribution in [0.15, 0.2) is 36.4 Å². The minimum Gasteiger partial charge on any atom is -0.323 e. The van der Waals surface area contributed by atoms with Crippen molar-refractivity contribution >= 4 is 11.3 Å². The van der Waals surface area contributed by atoms with E-state index < -0.39 is 0 Å². The van der Waals surface area contributed by atoms with E-state index in [1.165, 1.54) is 20.9 Å². The van der Waals surface area contributed by atoms with Gasteiger partial charge in [-0.05, 0) is 44.4 Å². The Morgan fingerprint density at radius 3 is 2.65 bits per heavy atom. The molecule has 0 aliphatic heterocycles. The molecule has 0 saturated heterocycles. The van der Waals surface area contributed by atoms with Crippen molar-refractivity contribution in [2.45, 2.75) is 32.7 Å². The number of rotatable bonds is 4. The molecule has 17 heavy (non-hydrogen) atoms. The van der Waals surface area contributed by atoms with Gasteiger partial charge in [-0.3, -0.25) is 0 Å². The van der Waals surface area contributed by atoms with Crippen LogP contribution >= 0.6 is 11.3 Å². The van der Waals surface area contributed by atoms with Gasteiger partial charge in [-0.15, -0.1) is 11.3 Å². The summed E-state index contributed by atoms with van der Waals surface area (Å²) >= 11 is 1.81. The third-order valence-electron chi connectivity index (χ3n) is 2.95. The van der Waals surface area contributed by atoms with Crippen LogP contribution in [0.3, 0.4) is 0 Å². The van der Waals surface area contributed by atoms with E-state index >= 15 is 0 Å². The largest absolute Gasteiger partial charge is 0.323 e. The maximum absolute atomic E-state index is 6.20. The highest BCUT2D eigenvalue weighted by Gasteiger charge is 2.08. The van der Waals surface area contributed by atoms with Crippen LogP contribution in [0, 0.1) is 13.8 Å². The monoisotopic (exact) mass is 245 g/mol. The molecule has 0 aliphatic carbocycles. The Hall–Kier alpha value is -1.12. The summed E-state index contributed by atoms with van der Waals surface area (Å²) in [4.78, 5) is 2.64. The van der Waals surface area contributed by atoms with Crippen LogP contribution in [-0.4, -0.2) is 0 Å². The number of nitrogens with two attached hydrogens (primary N) is 1. The fourth-order valence-corrected chi connectivity index (χ4v) is 2.90. The second kappa shape index (κ2) is 5.48. The van der Waals surface area contributed by atoms with Crippen molar-refractivity contribution in [3.8, 4) is 0 Å². The van der Waals surface area contributed by atoms with Gasteiger partial charge >= 0.3 is 0 Å². The fourth-order valence-electron chi connectivity index (χ4n) is 1.98. The summed E-state index contributed by atoms with van der Waals surface area (Å²) in [5.41, 5.74) is 8.91. The first-order chi connectivity index (χ1) is 8.15. The van der Waals surface area contributed by atoms with E-state index in [0.717, 1.165) is 12.8 Å². The van der Waals surface area contributed by atoms with Crippen LogP contribution < -0.4 is 5.73 Å². The van der Waals surface area contributed by atoms with Gasteiger partial charge in [0.05, 0.1) is 0 Å².